The molecule has 2 saturated heterocycles. The van der Waals surface area contributed by atoms with Crippen molar-refractivity contribution in [3.05, 3.63) is 35.9 Å². The summed E-state index contributed by atoms with van der Waals surface area (Å²) in [6.45, 7) is 3.86. The van der Waals surface area contributed by atoms with Gasteiger partial charge in [0.15, 0.2) is 5.17 Å². The van der Waals surface area contributed by atoms with Crippen molar-refractivity contribution < 1.29 is 19.1 Å². The zero-order chi connectivity index (χ0) is 25.3. The molecule has 0 spiro atoms. The third-order valence-corrected chi connectivity index (χ3v) is 8.68. The summed E-state index contributed by atoms with van der Waals surface area (Å²) in [4.78, 5) is 41.5. The predicted octanol–water partition coefficient (Wildman–Crippen LogP) is 3.46. The SMILES string of the molecule is C[C@H]1CS/C(=N\NC(=O)C(=O)[C@@H](NC(=O)C2CCCCCC2)C2CCOCC2)N1Cc1ccccc1. The van der Waals surface area contributed by atoms with Gasteiger partial charge in [0.1, 0.15) is 6.04 Å². The second kappa shape index (κ2) is 13.2. The molecule has 1 saturated carbocycles. The normalized spacial score (nSPS) is 23.8. The maximum absolute atomic E-state index is 13.3. The fourth-order valence-electron chi connectivity index (χ4n) is 5.21. The van der Waals surface area contributed by atoms with E-state index in [2.05, 4.69) is 39.8 Å². The van der Waals surface area contributed by atoms with Crippen molar-refractivity contribution in [3.8, 4) is 0 Å². The lowest BCUT2D eigenvalue weighted by Crippen LogP contribution is -2.53. The Morgan fingerprint density at radius 1 is 1.06 bits per heavy atom. The molecular formula is C27H38N4O4S. The molecule has 2 heterocycles. The van der Waals surface area contributed by atoms with E-state index in [9.17, 15) is 14.4 Å². The first-order valence-electron chi connectivity index (χ1n) is 13.3. The summed E-state index contributed by atoms with van der Waals surface area (Å²) in [5.74, 6) is -0.852. The lowest BCUT2D eigenvalue weighted by molar-refractivity contribution is -0.142. The average molecular weight is 515 g/mol. The molecule has 1 aromatic rings. The molecule has 0 radical (unpaired) electrons. The number of amidine groups is 1. The van der Waals surface area contributed by atoms with Gasteiger partial charge in [0.05, 0.1) is 0 Å². The van der Waals surface area contributed by atoms with E-state index in [1.807, 2.05) is 18.2 Å². The van der Waals surface area contributed by atoms with Crippen LogP contribution in [0.15, 0.2) is 35.4 Å². The Morgan fingerprint density at radius 3 is 2.44 bits per heavy atom. The smallest absolute Gasteiger partial charge is 0.309 e. The monoisotopic (exact) mass is 514 g/mol. The summed E-state index contributed by atoms with van der Waals surface area (Å²) in [7, 11) is 0. The van der Waals surface area contributed by atoms with Crippen LogP contribution in [0, 0.1) is 11.8 Å². The molecule has 1 aromatic carbocycles. The van der Waals surface area contributed by atoms with Gasteiger partial charge >= 0.3 is 5.91 Å². The van der Waals surface area contributed by atoms with Crippen LogP contribution in [0.4, 0.5) is 0 Å². The lowest BCUT2D eigenvalue weighted by Gasteiger charge is -2.30. The Morgan fingerprint density at radius 2 is 1.75 bits per heavy atom. The molecule has 3 aliphatic rings. The minimum atomic E-state index is -0.847. The van der Waals surface area contributed by atoms with Crippen molar-refractivity contribution in [2.75, 3.05) is 19.0 Å². The van der Waals surface area contributed by atoms with E-state index < -0.39 is 17.7 Å². The third kappa shape index (κ3) is 7.09. The van der Waals surface area contributed by atoms with Crippen molar-refractivity contribution in [2.45, 2.75) is 76.9 Å². The summed E-state index contributed by atoms with van der Waals surface area (Å²) in [6.07, 6.45) is 7.31. The molecule has 4 rings (SSSR count). The molecule has 36 heavy (non-hydrogen) atoms. The van der Waals surface area contributed by atoms with E-state index in [4.69, 9.17) is 4.74 Å². The van der Waals surface area contributed by atoms with E-state index in [1.54, 1.807) is 11.8 Å². The van der Waals surface area contributed by atoms with E-state index in [0.717, 1.165) is 49.8 Å². The first-order valence-corrected chi connectivity index (χ1v) is 14.2. The van der Waals surface area contributed by atoms with Crippen LogP contribution in [-0.4, -0.2) is 58.7 Å². The fraction of sp³-hybridized carbons (Fsp3) is 0.630. The molecule has 196 valence electrons. The highest BCUT2D eigenvalue weighted by atomic mass is 32.2. The van der Waals surface area contributed by atoms with Crippen LogP contribution >= 0.6 is 11.8 Å². The van der Waals surface area contributed by atoms with Crippen molar-refractivity contribution in [2.24, 2.45) is 16.9 Å². The molecule has 0 bridgehead atoms. The van der Waals surface area contributed by atoms with Gasteiger partial charge in [-0.05, 0) is 44.1 Å². The second-order valence-electron chi connectivity index (χ2n) is 10.1. The first kappa shape index (κ1) is 26.7. The van der Waals surface area contributed by atoms with Crippen LogP contribution in [0.2, 0.25) is 0 Å². The Balaban J connectivity index is 1.42. The number of ether oxygens (including phenoxy) is 1. The van der Waals surface area contributed by atoms with Crippen LogP contribution in [0.1, 0.15) is 63.9 Å². The van der Waals surface area contributed by atoms with E-state index >= 15 is 0 Å². The quantitative estimate of drug-likeness (QED) is 0.313. The first-order chi connectivity index (χ1) is 17.5. The molecule has 2 amide bonds. The minimum Gasteiger partial charge on any atom is -0.381 e. The molecule has 0 aromatic heterocycles. The van der Waals surface area contributed by atoms with Crippen molar-refractivity contribution >= 4 is 34.5 Å². The molecule has 1 aliphatic carbocycles. The molecular weight excluding hydrogens is 476 g/mol. The summed E-state index contributed by atoms with van der Waals surface area (Å²) in [5.41, 5.74) is 3.65. The number of Topliss-reactive ketones (excluding diaryl/α,β-unsaturated/α-hetero) is 1. The van der Waals surface area contributed by atoms with Crippen molar-refractivity contribution in [3.63, 3.8) is 0 Å². The number of nitrogens with one attached hydrogen (secondary N) is 2. The lowest BCUT2D eigenvalue weighted by atomic mass is 9.87. The van der Waals surface area contributed by atoms with E-state index in [1.165, 1.54) is 0 Å². The molecule has 8 nitrogen and oxygen atoms in total. The van der Waals surface area contributed by atoms with Crippen LogP contribution in [0.25, 0.3) is 0 Å². The van der Waals surface area contributed by atoms with Gasteiger partial charge in [0.2, 0.25) is 11.7 Å². The number of hydrogen-bond acceptors (Lipinski definition) is 6. The molecule has 0 unspecified atom stereocenters. The molecule has 9 heteroatoms. The number of ketones is 1. The Bertz CT molecular complexity index is 927. The van der Waals surface area contributed by atoms with Gasteiger partial charge in [0.25, 0.3) is 0 Å². The minimum absolute atomic E-state index is 0.0890. The largest absolute Gasteiger partial charge is 0.381 e. The predicted molar refractivity (Wildman–Crippen MR) is 141 cm³/mol. The average Bonchev–Trinajstić information content (AvgIpc) is 3.09. The number of thioether (sulfide) groups is 1. The van der Waals surface area contributed by atoms with Gasteiger partial charge in [-0.1, -0.05) is 67.8 Å². The Labute approximate surface area is 218 Å². The number of carbonyl (C=O) groups is 3. The van der Waals surface area contributed by atoms with Crippen LogP contribution in [0.3, 0.4) is 0 Å². The zero-order valence-electron chi connectivity index (χ0n) is 21.1. The number of hydrazone groups is 1. The van der Waals surface area contributed by atoms with Gasteiger partial charge in [-0.25, -0.2) is 5.43 Å². The van der Waals surface area contributed by atoms with Crippen LogP contribution < -0.4 is 10.7 Å². The van der Waals surface area contributed by atoms with E-state index in [0.29, 0.717) is 37.8 Å². The number of hydrogen-bond donors (Lipinski definition) is 2. The van der Waals surface area contributed by atoms with Gasteiger partial charge in [-0.2, -0.15) is 0 Å². The zero-order valence-corrected chi connectivity index (χ0v) is 21.9. The fourth-order valence-corrected chi connectivity index (χ4v) is 6.30. The Hall–Kier alpha value is -2.39. The molecule has 2 aliphatic heterocycles. The van der Waals surface area contributed by atoms with Crippen molar-refractivity contribution in [1.82, 2.24) is 15.6 Å². The highest BCUT2D eigenvalue weighted by Crippen LogP contribution is 2.27. The summed E-state index contributed by atoms with van der Waals surface area (Å²) in [6, 6.07) is 9.52. The number of benzene rings is 1. The van der Waals surface area contributed by atoms with Gasteiger partial charge in [-0.3, -0.25) is 14.4 Å². The highest BCUT2D eigenvalue weighted by Gasteiger charge is 2.36. The van der Waals surface area contributed by atoms with Crippen molar-refractivity contribution in [1.29, 1.82) is 0 Å². The maximum Gasteiger partial charge on any atom is 0.309 e. The van der Waals surface area contributed by atoms with Crippen LogP contribution in [0.5, 0.6) is 0 Å². The Kier molecular flexibility index (Phi) is 9.81. The number of carbonyl (C=O) groups excluding carboxylic acids is 3. The van der Waals surface area contributed by atoms with Crippen LogP contribution in [-0.2, 0) is 25.7 Å². The topological polar surface area (TPSA) is 100 Å². The second-order valence-corrected chi connectivity index (χ2v) is 11.1. The van der Waals surface area contributed by atoms with Gasteiger partial charge < -0.3 is 15.0 Å². The highest BCUT2D eigenvalue weighted by molar-refractivity contribution is 8.14. The number of nitrogens with zero attached hydrogens (tertiary/aromatic N) is 2. The summed E-state index contributed by atoms with van der Waals surface area (Å²) < 4.78 is 5.46. The summed E-state index contributed by atoms with van der Waals surface area (Å²) in [5, 5.41) is 7.99. The maximum atomic E-state index is 13.3. The molecule has 2 N–H and O–H groups in total. The number of amides is 2. The number of rotatable bonds is 8. The molecule has 2 atom stereocenters. The molecule has 3 fully saturated rings. The van der Waals surface area contributed by atoms with E-state index in [-0.39, 0.29) is 23.8 Å². The van der Waals surface area contributed by atoms with Gasteiger partial charge in [-0.15, -0.1) is 5.10 Å². The van der Waals surface area contributed by atoms with Gasteiger partial charge in [0, 0.05) is 37.5 Å². The summed E-state index contributed by atoms with van der Waals surface area (Å²) >= 11 is 1.56. The standard InChI is InChI=1S/C27H38N4O4S/c1-19-18-36-27(31(19)17-20-9-5-4-6-10-20)30-29-26(34)24(32)23(21-13-15-35-16-14-21)28-25(33)22-11-7-2-3-8-12-22/h4-6,9-10,19,21-23H,2-3,7-8,11-18H2,1H3,(H,28,33)(H,29,34)/b30-27-/t19-,23-/m0/s1. The third-order valence-electron chi connectivity index (χ3n) is 7.45.